The maximum Gasteiger partial charge on any atom is 0.419 e. The molecule has 5 rings (SSSR count). The lowest BCUT2D eigenvalue weighted by Gasteiger charge is -2.15. The normalized spacial score (nSPS) is 14.9. The zero-order chi connectivity index (χ0) is 20.9. The summed E-state index contributed by atoms with van der Waals surface area (Å²) in [6.07, 6.45) is -1.38. The largest absolute Gasteiger partial charge is 0.419 e. The van der Waals surface area contributed by atoms with Crippen molar-refractivity contribution < 1.29 is 17.6 Å². The van der Waals surface area contributed by atoms with Gasteiger partial charge in [0.05, 0.1) is 11.3 Å². The number of aliphatic imine (C=N–C) groups is 1. The van der Waals surface area contributed by atoms with Gasteiger partial charge in [0.25, 0.3) is 0 Å². The molecule has 148 valence electrons. The first-order chi connectivity index (χ1) is 14.4. The Morgan fingerprint density at radius 2 is 1.67 bits per heavy atom. The number of aromatic nitrogens is 1. The number of rotatable bonds is 2. The average Bonchev–Trinajstić information content (AvgIpc) is 3.34. The summed E-state index contributed by atoms with van der Waals surface area (Å²) >= 11 is 0. The standard InChI is InChI=1S/C24H14F4N2/c25-20-10-9-14(11-19(20)24(26,27)28)23(17-12-29-21-7-3-1-5-15(17)21)18-13-30-22-8-4-2-6-16(18)22/h1-13,29H/b23-18+. The Labute approximate surface area is 169 Å². The smallest absolute Gasteiger partial charge is 0.361 e. The third kappa shape index (κ3) is 2.92. The first kappa shape index (κ1) is 18.4. The molecule has 1 N–H and O–H groups in total. The van der Waals surface area contributed by atoms with Gasteiger partial charge in [0.2, 0.25) is 0 Å². The van der Waals surface area contributed by atoms with E-state index in [9.17, 15) is 17.6 Å². The summed E-state index contributed by atoms with van der Waals surface area (Å²) in [5.74, 6) is -1.30. The van der Waals surface area contributed by atoms with Crippen molar-refractivity contribution in [2.75, 3.05) is 0 Å². The fraction of sp³-hybridized carbons (Fsp3) is 0.0417. The fourth-order valence-electron chi connectivity index (χ4n) is 3.85. The molecule has 0 saturated carbocycles. The van der Waals surface area contributed by atoms with Crippen LogP contribution in [0, 0.1) is 5.82 Å². The minimum Gasteiger partial charge on any atom is -0.361 e. The Morgan fingerprint density at radius 3 is 2.50 bits per heavy atom. The van der Waals surface area contributed by atoms with Crippen LogP contribution in [0.25, 0.3) is 22.0 Å². The monoisotopic (exact) mass is 406 g/mol. The lowest BCUT2D eigenvalue weighted by molar-refractivity contribution is -0.140. The van der Waals surface area contributed by atoms with Gasteiger partial charge in [-0.25, -0.2) is 4.39 Å². The Bertz CT molecular complexity index is 1340. The van der Waals surface area contributed by atoms with E-state index < -0.39 is 17.6 Å². The van der Waals surface area contributed by atoms with E-state index in [0.717, 1.165) is 39.8 Å². The third-order valence-corrected chi connectivity index (χ3v) is 5.22. The van der Waals surface area contributed by atoms with Gasteiger partial charge in [-0.15, -0.1) is 0 Å². The van der Waals surface area contributed by atoms with Crippen LogP contribution in [0.15, 0.2) is 77.9 Å². The topological polar surface area (TPSA) is 28.1 Å². The Morgan fingerprint density at radius 1 is 0.900 bits per heavy atom. The van der Waals surface area contributed by atoms with Crippen molar-refractivity contribution >= 4 is 34.0 Å². The highest BCUT2D eigenvalue weighted by molar-refractivity contribution is 6.27. The lowest BCUT2D eigenvalue weighted by Crippen LogP contribution is -2.09. The van der Waals surface area contributed by atoms with E-state index in [-0.39, 0.29) is 5.56 Å². The van der Waals surface area contributed by atoms with Crippen LogP contribution in [0.2, 0.25) is 0 Å². The highest BCUT2D eigenvalue weighted by atomic mass is 19.4. The van der Waals surface area contributed by atoms with Gasteiger partial charge in [-0.3, -0.25) is 4.99 Å². The number of allylic oxidation sites excluding steroid dienone is 1. The molecule has 6 heteroatoms. The number of H-pyrrole nitrogens is 1. The number of alkyl halides is 3. The lowest BCUT2D eigenvalue weighted by atomic mass is 9.89. The second-order valence-corrected chi connectivity index (χ2v) is 7.00. The van der Waals surface area contributed by atoms with Crippen LogP contribution in [0.1, 0.15) is 22.3 Å². The van der Waals surface area contributed by atoms with E-state index in [1.54, 1.807) is 12.4 Å². The van der Waals surface area contributed by atoms with Crippen molar-refractivity contribution in [1.29, 1.82) is 0 Å². The van der Waals surface area contributed by atoms with Crippen LogP contribution >= 0.6 is 0 Å². The number of aromatic amines is 1. The minimum absolute atomic E-state index is 0.270. The third-order valence-electron chi connectivity index (χ3n) is 5.22. The van der Waals surface area contributed by atoms with Crippen LogP contribution < -0.4 is 0 Å². The van der Waals surface area contributed by atoms with E-state index in [2.05, 4.69) is 9.98 Å². The Balaban J connectivity index is 1.85. The molecule has 0 unspecified atom stereocenters. The maximum atomic E-state index is 14.0. The van der Waals surface area contributed by atoms with Crippen molar-refractivity contribution in [2.45, 2.75) is 6.18 Å². The van der Waals surface area contributed by atoms with Crippen molar-refractivity contribution in [3.05, 3.63) is 101 Å². The molecule has 4 aromatic rings. The van der Waals surface area contributed by atoms with Gasteiger partial charge in [0, 0.05) is 45.6 Å². The molecule has 1 aliphatic heterocycles. The zero-order valence-electron chi connectivity index (χ0n) is 15.5. The van der Waals surface area contributed by atoms with Crippen molar-refractivity contribution in [1.82, 2.24) is 4.98 Å². The van der Waals surface area contributed by atoms with E-state index >= 15 is 0 Å². The number of benzene rings is 3. The van der Waals surface area contributed by atoms with E-state index in [1.165, 1.54) is 6.07 Å². The first-order valence-electron chi connectivity index (χ1n) is 9.25. The van der Waals surface area contributed by atoms with Crippen LogP contribution in [0.3, 0.4) is 0 Å². The summed E-state index contributed by atoms with van der Waals surface area (Å²) in [6, 6.07) is 18.1. The molecule has 3 aromatic carbocycles. The van der Waals surface area contributed by atoms with Gasteiger partial charge in [0.1, 0.15) is 5.82 Å². The maximum absolute atomic E-state index is 14.0. The number of hydrogen-bond acceptors (Lipinski definition) is 1. The van der Waals surface area contributed by atoms with Gasteiger partial charge in [-0.1, -0.05) is 42.5 Å². The van der Waals surface area contributed by atoms with Crippen molar-refractivity contribution in [2.24, 2.45) is 4.99 Å². The summed E-state index contributed by atoms with van der Waals surface area (Å²) in [6.45, 7) is 0. The zero-order valence-corrected chi connectivity index (χ0v) is 15.5. The van der Waals surface area contributed by atoms with Crippen LogP contribution in [-0.2, 0) is 6.18 Å². The summed E-state index contributed by atoms with van der Waals surface area (Å²) < 4.78 is 54.2. The van der Waals surface area contributed by atoms with Crippen molar-refractivity contribution in [3.8, 4) is 0 Å². The molecule has 2 nitrogen and oxygen atoms in total. The molecular formula is C24H14F4N2. The number of fused-ring (bicyclic) bond motifs is 2. The SMILES string of the molecule is Fc1ccc(/C(=C2/C=Nc3ccccc32)c2c[nH]c3ccccc23)cc1C(F)(F)F. The number of halogens is 4. The predicted octanol–water partition coefficient (Wildman–Crippen LogP) is 7.00. The first-order valence-corrected chi connectivity index (χ1v) is 9.25. The summed E-state index contributed by atoms with van der Waals surface area (Å²) in [5, 5.41) is 0.857. The number of hydrogen-bond donors (Lipinski definition) is 1. The average molecular weight is 406 g/mol. The van der Waals surface area contributed by atoms with Crippen LogP contribution in [0.4, 0.5) is 23.2 Å². The van der Waals surface area contributed by atoms with Crippen LogP contribution in [-0.4, -0.2) is 11.2 Å². The quantitative estimate of drug-likeness (QED) is 0.347. The minimum atomic E-state index is -4.79. The molecule has 1 aromatic heterocycles. The van der Waals surface area contributed by atoms with E-state index in [1.807, 2.05) is 48.5 Å². The molecule has 30 heavy (non-hydrogen) atoms. The van der Waals surface area contributed by atoms with Gasteiger partial charge in [-0.2, -0.15) is 13.2 Å². The molecule has 0 bridgehead atoms. The van der Waals surface area contributed by atoms with Crippen molar-refractivity contribution in [3.63, 3.8) is 0 Å². The van der Waals surface area contributed by atoms with E-state index in [4.69, 9.17) is 0 Å². The Hall–Kier alpha value is -3.67. The molecule has 1 aliphatic rings. The van der Waals surface area contributed by atoms with Gasteiger partial charge in [-0.05, 0) is 29.8 Å². The van der Waals surface area contributed by atoms with Gasteiger partial charge < -0.3 is 4.98 Å². The highest BCUT2D eigenvalue weighted by Gasteiger charge is 2.35. The van der Waals surface area contributed by atoms with Crippen LogP contribution in [0.5, 0.6) is 0 Å². The molecule has 0 amide bonds. The van der Waals surface area contributed by atoms with Gasteiger partial charge in [0.15, 0.2) is 0 Å². The molecule has 0 aliphatic carbocycles. The second kappa shape index (κ2) is 6.69. The number of para-hydroxylation sites is 2. The van der Waals surface area contributed by atoms with E-state index in [0.29, 0.717) is 11.1 Å². The molecule has 0 saturated heterocycles. The van der Waals surface area contributed by atoms with Gasteiger partial charge >= 0.3 is 6.18 Å². The molecule has 0 fully saturated rings. The summed E-state index contributed by atoms with van der Waals surface area (Å²) in [4.78, 5) is 7.58. The molecule has 0 spiro atoms. The number of nitrogens with one attached hydrogen (secondary N) is 1. The second-order valence-electron chi connectivity index (χ2n) is 7.00. The summed E-state index contributed by atoms with van der Waals surface area (Å²) in [5.41, 5.74) is 3.36. The Kier molecular flexibility index (Phi) is 4.10. The summed E-state index contributed by atoms with van der Waals surface area (Å²) in [7, 11) is 0. The molecule has 0 radical (unpaired) electrons. The molecule has 2 heterocycles. The predicted molar refractivity (Wildman–Crippen MR) is 110 cm³/mol. The fourth-order valence-corrected chi connectivity index (χ4v) is 3.85. The highest BCUT2D eigenvalue weighted by Crippen LogP contribution is 2.42. The molecular weight excluding hydrogens is 392 g/mol. The number of nitrogens with zero attached hydrogens (tertiary/aromatic N) is 1. The molecule has 0 atom stereocenters.